The highest BCUT2D eigenvalue weighted by Gasteiger charge is 2.24. The van der Waals surface area contributed by atoms with Gasteiger partial charge in [0.15, 0.2) is 0 Å². The molecule has 1 saturated carbocycles. The third-order valence-corrected chi connectivity index (χ3v) is 5.17. The maximum absolute atomic E-state index is 12.8. The van der Waals surface area contributed by atoms with Crippen LogP contribution in [0, 0.1) is 6.92 Å². The number of benzene rings is 2. The van der Waals surface area contributed by atoms with Crippen molar-refractivity contribution in [3.63, 3.8) is 0 Å². The number of nitrogens with zero attached hydrogens (tertiary/aromatic N) is 1. The van der Waals surface area contributed by atoms with Crippen molar-refractivity contribution in [2.24, 2.45) is 0 Å². The van der Waals surface area contributed by atoms with E-state index in [9.17, 15) is 9.59 Å². The van der Waals surface area contributed by atoms with Gasteiger partial charge in [0.25, 0.3) is 11.8 Å². The van der Waals surface area contributed by atoms with Crippen LogP contribution in [0.2, 0.25) is 0 Å². The Morgan fingerprint density at radius 2 is 1.81 bits per heavy atom. The Morgan fingerprint density at radius 3 is 2.59 bits per heavy atom. The number of anilines is 1. The topological polar surface area (TPSA) is 89.6 Å². The Morgan fingerprint density at radius 1 is 1.00 bits per heavy atom. The minimum atomic E-state index is -0.280. The van der Waals surface area contributed by atoms with Gasteiger partial charge >= 0.3 is 0 Å². The van der Waals surface area contributed by atoms with E-state index in [4.69, 9.17) is 9.47 Å². The molecule has 1 aliphatic carbocycles. The zero-order valence-corrected chi connectivity index (χ0v) is 18.1. The molecule has 1 fully saturated rings. The van der Waals surface area contributed by atoms with Crippen molar-refractivity contribution in [1.29, 1.82) is 0 Å². The highest BCUT2D eigenvalue weighted by atomic mass is 16.5. The summed E-state index contributed by atoms with van der Waals surface area (Å²) in [5, 5.41) is 5.87. The predicted octanol–water partition coefficient (Wildman–Crippen LogP) is 4.12. The molecule has 0 spiro atoms. The lowest BCUT2D eigenvalue weighted by molar-refractivity contribution is 0.0949. The van der Waals surface area contributed by atoms with Gasteiger partial charge in [0.05, 0.1) is 12.8 Å². The fraction of sp³-hybridized carbons (Fsp3) is 0.240. The molecule has 1 heterocycles. The van der Waals surface area contributed by atoms with Crippen molar-refractivity contribution < 1.29 is 19.1 Å². The number of methoxy groups -OCH3 is 1. The number of hydrogen-bond acceptors (Lipinski definition) is 5. The third kappa shape index (κ3) is 5.43. The number of nitrogens with one attached hydrogen (secondary N) is 2. The van der Waals surface area contributed by atoms with E-state index in [0.717, 1.165) is 24.1 Å². The lowest BCUT2D eigenvalue weighted by atomic mass is 10.1. The van der Waals surface area contributed by atoms with E-state index in [0.29, 0.717) is 28.3 Å². The maximum atomic E-state index is 12.8. The normalized spacial score (nSPS) is 12.7. The molecule has 0 unspecified atom stereocenters. The average Bonchev–Trinajstić information content (AvgIpc) is 3.63. The van der Waals surface area contributed by atoms with Gasteiger partial charge in [0.1, 0.15) is 18.1 Å². The van der Waals surface area contributed by atoms with Gasteiger partial charge in [0, 0.05) is 35.1 Å². The van der Waals surface area contributed by atoms with Crippen molar-refractivity contribution in [3.05, 3.63) is 83.2 Å². The summed E-state index contributed by atoms with van der Waals surface area (Å²) in [5.74, 6) is 0.856. The number of amides is 2. The average molecular weight is 431 g/mol. The molecule has 32 heavy (non-hydrogen) atoms. The van der Waals surface area contributed by atoms with Gasteiger partial charge in [-0.15, -0.1) is 0 Å². The monoisotopic (exact) mass is 431 g/mol. The molecule has 1 aromatic heterocycles. The molecule has 0 saturated heterocycles. The first kappa shape index (κ1) is 21.4. The first-order valence-corrected chi connectivity index (χ1v) is 10.5. The Labute approximate surface area is 186 Å². The SMILES string of the molecule is COc1ccnc(COc2cccc(C(=O)Nc3cc(C(=O)NC4CC4)ccc3C)c2)c1. The molecule has 0 atom stereocenters. The second-order valence-electron chi connectivity index (χ2n) is 7.74. The summed E-state index contributed by atoms with van der Waals surface area (Å²) in [4.78, 5) is 29.4. The van der Waals surface area contributed by atoms with Crippen LogP contribution in [0.5, 0.6) is 11.5 Å². The molecule has 2 aromatic carbocycles. The van der Waals surface area contributed by atoms with Gasteiger partial charge in [-0.3, -0.25) is 14.6 Å². The molecular weight excluding hydrogens is 406 g/mol. The lowest BCUT2D eigenvalue weighted by Gasteiger charge is -2.12. The van der Waals surface area contributed by atoms with Crippen LogP contribution in [0.15, 0.2) is 60.8 Å². The molecule has 7 heteroatoms. The van der Waals surface area contributed by atoms with Gasteiger partial charge in [-0.2, -0.15) is 0 Å². The zero-order chi connectivity index (χ0) is 22.5. The van der Waals surface area contributed by atoms with E-state index in [-0.39, 0.29) is 24.5 Å². The summed E-state index contributed by atoms with van der Waals surface area (Å²) in [6.45, 7) is 2.14. The zero-order valence-electron chi connectivity index (χ0n) is 18.1. The van der Waals surface area contributed by atoms with Gasteiger partial charge in [0.2, 0.25) is 0 Å². The standard InChI is InChI=1S/C25H25N3O4/c1-16-6-7-18(24(29)27-19-8-9-19)13-23(16)28-25(30)17-4-3-5-22(12-17)32-15-20-14-21(31-2)10-11-26-20/h3-7,10-14,19H,8-9,15H2,1-2H3,(H,27,29)(H,28,30). The Hall–Kier alpha value is -3.87. The van der Waals surface area contributed by atoms with E-state index in [1.165, 1.54) is 0 Å². The molecule has 2 N–H and O–H groups in total. The molecule has 4 rings (SSSR count). The van der Waals surface area contributed by atoms with Gasteiger partial charge in [-0.05, 0) is 61.7 Å². The van der Waals surface area contributed by atoms with Crippen molar-refractivity contribution in [2.45, 2.75) is 32.4 Å². The number of pyridine rings is 1. The van der Waals surface area contributed by atoms with Crippen molar-refractivity contribution in [2.75, 3.05) is 12.4 Å². The Kier molecular flexibility index (Phi) is 6.35. The summed E-state index contributed by atoms with van der Waals surface area (Å²) < 4.78 is 11.0. The highest BCUT2D eigenvalue weighted by molar-refractivity contribution is 6.05. The second-order valence-corrected chi connectivity index (χ2v) is 7.74. The molecule has 3 aromatic rings. The van der Waals surface area contributed by atoms with Gasteiger partial charge in [-0.1, -0.05) is 12.1 Å². The van der Waals surface area contributed by atoms with Crippen LogP contribution in [0.25, 0.3) is 0 Å². The summed E-state index contributed by atoms with van der Waals surface area (Å²) in [6.07, 6.45) is 3.70. The fourth-order valence-corrected chi connectivity index (χ4v) is 3.14. The minimum Gasteiger partial charge on any atom is -0.497 e. The minimum absolute atomic E-state index is 0.121. The largest absolute Gasteiger partial charge is 0.497 e. The fourth-order valence-electron chi connectivity index (χ4n) is 3.14. The molecule has 1 aliphatic rings. The number of hydrogen-bond donors (Lipinski definition) is 2. The number of aromatic nitrogens is 1. The number of carbonyl (C=O) groups is 2. The van der Waals surface area contributed by atoms with Crippen LogP contribution >= 0.6 is 0 Å². The van der Waals surface area contributed by atoms with E-state index in [1.54, 1.807) is 61.8 Å². The second kappa shape index (κ2) is 9.51. The van der Waals surface area contributed by atoms with Gasteiger partial charge < -0.3 is 20.1 Å². The first-order chi connectivity index (χ1) is 15.5. The molecule has 2 amide bonds. The molecule has 0 aliphatic heterocycles. The van der Waals surface area contributed by atoms with Crippen LogP contribution in [0.3, 0.4) is 0 Å². The molecular formula is C25H25N3O4. The Bertz CT molecular complexity index is 1140. The predicted molar refractivity (Wildman–Crippen MR) is 121 cm³/mol. The smallest absolute Gasteiger partial charge is 0.255 e. The molecule has 0 radical (unpaired) electrons. The van der Waals surface area contributed by atoms with Crippen molar-refractivity contribution >= 4 is 17.5 Å². The maximum Gasteiger partial charge on any atom is 0.255 e. The van der Waals surface area contributed by atoms with E-state index < -0.39 is 0 Å². The number of carbonyl (C=O) groups excluding carboxylic acids is 2. The lowest BCUT2D eigenvalue weighted by Crippen LogP contribution is -2.25. The number of ether oxygens (including phenoxy) is 2. The third-order valence-electron chi connectivity index (χ3n) is 5.17. The summed E-state index contributed by atoms with van der Waals surface area (Å²) in [6, 6.07) is 16.1. The van der Waals surface area contributed by atoms with Crippen LogP contribution in [-0.2, 0) is 6.61 Å². The van der Waals surface area contributed by atoms with Crippen molar-refractivity contribution in [3.8, 4) is 11.5 Å². The number of aryl methyl sites for hydroxylation is 1. The highest BCUT2D eigenvalue weighted by Crippen LogP contribution is 2.23. The number of rotatable bonds is 8. The summed E-state index contributed by atoms with van der Waals surface area (Å²) >= 11 is 0. The molecule has 164 valence electrons. The van der Waals surface area contributed by atoms with Crippen LogP contribution in [-0.4, -0.2) is 29.9 Å². The molecule has 7 nitrogen and oxygen atoms in total. The van der Waals surface area contributed by atoms with E-state index in [2.05, 4.69) is 15.6 Å². The van der Waals surface area contributed by atoms with Crippen LogP contribution < -0.4 is 20.1 Å². The summed E-state index contributed by atoms with van der Waals surface area (Å²) in [5.41, 5.74) is 3.17. The van der Waals surface area contributed by atoms with E-state index in [1.807, 2.05) is 13.0 Å². The van der Waals surface area contributed by atoms with E-state index >= 15 is 0 Å². The first-order valence-electron chi connectivity index (χ1n) is 10.5. The molecule has 0 bridgehead atoms. The summed E-state index contributed by atoms with van der Waals surface area (Å²) in [7, 11) is 1.60. The van der Waals surface area contributed by atoms with Crippen LogP contribution in [0.4, 0.5) is 5.69 Å². The Balaban J connectivity index is 1.42. The van der Waals surface area contributed by atoms with Crippen molar-refractivity contribution in [1.82, 2.24) is 10.3 Å². The van der Waals surface area contributed by atoms with Gasteiger partial charge in [-0.25, -0.2) is 0 Å². The quantitative estimate of drug-likeness (QED) is 0.560. The van der Waals surface area contributed by atoms with Crippen LogP contribution in [0.1, 0.15) is 44.8 Å².